The van der Waals surface area contributed by atoms with E-state index in [2.05, 4.69) is 5.32 Å². The summed E-state index contributed by atoms with van der Waals surface area (Å²) in [4.78, 5) is 11.4. The largest absolute Gasteiger partial charge is 0.359 e. The highest BCUT2D eigenvalue weighted by Crippen LogP contribution is 2.36. The first-order valence-corrected chi connectivity index (χ1v) is 4.17. The summed E-state index contributed by atoms with van der Waals surface area (Å²) < 4.78 is 0. The van der Waals surface area contributed by atoms with Gasteiger partial charge in [-0.15, -0.1) is 12.4 Å². The van der Waals surface area contributed by atoms with Crippen LogP contribution in [0.5, 0.6) is 0 Å². The number of hydrogen-bond donors (Lipinski definition) is 2. The van der Waals surface area contributed by atoms with Crippen LogP contribution in [0.4, 0.5) is 0 Å². The maximum absolute atomic E-state index is 11.4. The molecule has 0 radical (unpaired) electrons. The van der Waals surface area contributed by atoms with Gasteiger partial charge in [0.1, 0.15) is 0 Å². The monoisotopic (exact) mass is 192 g/mol. The van der Waals surface area contributed by atoms with Crippen LogP contribution in [-0.2, 0) is 4.79 Å². The Balaban J connectivity index is 0.00000121. The Kier molecular flexibility index (Phi) is 4.57. The molecule has 1 rings (SSSR count). The minimum absolute atomic E-state index is 0. The molecule has 72 valence electrons. The molecule has 0 aromatic carbocycles. The van der Waals surface area contributed by atoms with E-state index in [-0.39, 0.29) is 23.7 Å². The predicted molar refractivity (Wildman–Crippen MR) is 51.3 cm³/mol. The zero-order chi connectivity index (χ0) is 8.32. The summed E-state index contributed by atoms with van der Waals surface area (Å²) >= 11 is 0. The standard InChI is InChI=1S/C8H16N2O.ClH/c1-10-7(11)8(6-9)4-2-3-5-8;/h2-6,9H2,1H3,(H,10,11);1H. The second-order valence-electron chi connectivity index (χ2n) is 3.27. The highest BCUT2D eigenvalue weighted by molar-refractivity contribution is 5.85. The van der Waals surface area contributed by atoms with Gasteiger partial charge in [-0.1, -0.05) is 12.8 Å². The lowest BCUT2D eigenvalue weighted by atomic mass is 9.85. The molecule has 3 N–H and O–H groups in total. The molecule has 0 atom stereocenters. The van der Waals surface area contributed by atoms with Crippen molar-refractivity contribution < 1.29 is 4.79 Å². The van der Waals surface area contributed by atoms with Gasteiger partial charge in [-0.3, -0.25) is 4.79 Å². The lowest BCUT2D eigenvalue weighted by Crippen LogP contribution is -2.42. The quantitative estimate of drug-likeness (QED) is 0.676. The number of halogens is 1. The van der Waals surface area contributed by atoms with Crippen molar-refractivity contribution in [1.82, 2.24) is 5.32 Å². The fraction of sp³-hybridized carbons (Fsp3) is 0.875. The third-order valence-corrected chi connectivity index (χ3v) is 2.66. The molecule has 4 heteroatoms. The Bertz CT molecular complexity index is 155. The van der Waals surface area contributed by atoms with Crippen molar-refractivity contribution in [2.75, 3.05) is 13.6 Å². The Morgan fingerprint density at radius 3 is 2.33 bits per heavy atom. The fourth-order valence-electron chi connectivity index (χ4n) is 1.84. The van der Waals surface area contributed by atoms with Crippen LogP contribution in [0.25, 0.3) is 0 Å². The molecule has 0 spiro atoms. The molecule has 0 heterocycles. The number of carbonyl (C=O) groups excluding carboxylic acids is 1. The molecule has 1 aliphatic carbocycles. The smallest absolute Gasteiger partial charge is 0.227 e. The number of nitrogens with one attached hydrogen (secondary N) is 1. The summed E-state index contributed by atoms with van der Waals surface area (Å²) in [6, 6.07) is 0. The van der Waals surface area contributed by atoms with Gasteiger partial charge < -0.3 is 11.1 Å². The highest BCUT2D eigenvalue weighted by Gasteiger charge is 2.38. The SMILES string of the molecule is CNC(=O)C1(CN)CCCC1.Cl. The van der Waals surface area contributed by atoms with Crippen molar-refractivity contribution in [1.29, 1.82) is 0 Å². The Morgan fingerprint density at radius 1 is 1.50 bits per heavy atom. The summed E-state index contributed by atoms with van der Waals surface area (Å²) in [7, 11) is 1.68. The maximum Gasteiger partial charge on any atom is 0.227 e. The van der Waals surface area contributed by atoms with E-state index >= 15 is 0 Å². The maximum atomic E-state index is 11.4. The second kappa shape index (κ2) is 4.67. The van der Waals surface area contributed by atoms with Crippen LogP contribution < -0.4 is 11.1 Å². The summed E-state index contributed by atoms with van der Waals surface area (Å²) in [6.07, 6.45) is 4.21. The molecule has 0 aromatic rings. The van der Waals surface area contributed by atoms with Gasteiger partial charge in [0.05, 0.1) is 5.41 Å². The molecule has 1 fully saturated rings. The van der Waals surface area contributed by atoms with E-state index in [1.54, 1.807) is 7.05 Å². The summed E-state index contributed by atoms with van der Waals surface area (Å²) in [5, 5.41) is 2.68. The van der Waals surface area contributed by atoms with Gasteiger partial charge in [-0.25, -0.2) is 0 Å². The van der Waals surface area contributed by atoms with E-state index in [0.717, 1.165) is 25.7 Å². The fourth-order valence-corrected chi connectivity index (χ4v) is 1.84. The van der Waals surface area contributed by atoms with Crippen LogP contribution in [0.15, 0.2) is 0 Å². The van der Waals surface area contributed by atoms with Crippen LogP contribution in [-0.4, -0.2) is 19.5 Å². The molecule has 1 saturated carbocycles. The topological polar surface area (TPSA) is 55.1 Å². The lowest BCUT2D eigenvalue weighted by molar-refractivity contribution is -0.129. The Hall–Kier alpha value is -0.280. The number of amides is 1. The van der Waals surface area contributed by atoms with Gasteiger partial charge in [0.2, 0.25) is 5.91 Å². The van der Waals surface area contributed by atoms with E-state index in [0.29, 0.717) is 6.54 Å². The first-order valence-electron chi connectivity index (χ1n) is 4.17. The molecule has 0 unspecified atom stereocenters. The van der Waals surface area contributed by atoms with E-state index in [1.807, 2.05) is 0 Å². The average molecular weight is 193 g/mol. The van der Waals surface area contributed by atoms with Crippen molar-refractivity contribution in [2.24, 2.45) is 11.1 Å². The molecular weight excluding hydrogens is 176 g/mol. The summed E-state index contributed by atoms with van der Waals surface area (Å²) in [5.41, 5.74) is 5.36. The molecule has 0 saturated heterocycles. The highest BCUT2D eigenvalue weighted by atomic mass is 35.5. The minimum atomic E-state index is -0.227. The van der Waals surface area contributed by atoms with Gasteiger partial charge in [-0.05, 0) is 12.8 Å². The molecule has 0 bridgehead atoms. The molecule has 12 heavy (non-hydrogen) atoms. The first-order chi connectivity index (χ1) is 5.25. The zero-order valence-electron chi connectivity index (χ0n) is 7.43. The van der Waals surface area contributed by atoms with Crippen molar-refractivity contribution in [2.45, 2.75) is 25.7 Å². The van der Waals surface area contributed by atoms with Crippen LogP contribution in [0.1, 0.15) is 25.7 Å². The van der Waals surface area contributed by atoms with E-state index in [1.165, 1.54) is 0 Å². The third-order valence-electron chi connectivity index (χ3n) is 2.66. The second-order valence-corrected chi connectivity index (χ2v) is 3.27. The summed E-state index contributed by atoms with van der Waals surface area (Å²) in [5.74, 6) is 0.123. The van der Waals surface area contributed by atoms with Crippen LogP contribution in [0, 0.1) is 5.41 Å². The van der Waals surface area contributed by atoms with Gasteiger partial charge in [0, 0.05) is 13.6 Å². The van der Waals surface area contributed by atoms with Crippen LogP contribution in [0.2, 0.25) is 0 Å². The lowest BCUT2D eigenvalue weighted by Gasteiger charge is -2.24. The van der Waals surface area contributed by atoms with Crippen molar-refractivity contribution in [3.8, 4) is 0 Å². The number of carbonyl (C=O) groups is 1. The average Bonchev–Trinajstić information content (AvgIpc) is 2.52. The van der Waals surface area contributed by atoms with Crippen LogP contribution in [0.3, 0.4) is 0 Å². The van der Waals surface area contributed by atoms with E-state index in [9.17, 15) is 4.79 Å². The zero-order valence-corrected chi connectivity index (χ0v) is 8.25. The first kappa shape index (κ1) is 11.7. The number of rotatable bonds is 2. The molecule has 1 amide bonds. The number of hydrogen-bond acceptors (Lipinski definition) is 2. The van der Waals surface area contributed by atoms with Crippen molar-refractivity contribution in [3.05, 3.63) is 0 Å². The van der Waals surface area contributed by atoms with Crippen molar-refractivity contribution >= 4 is 18.3 Å². The molecule has 0 aliphatic heterocycles. The van der Waals surface area contributed by atoms with Crippen LogP contribution >= 0.6 is 12.4 Å². The Morgan fingerprint density at radius 2 is 2.00 bits per heavy atom. The predicted octanol–water partition coefficient (Wildman–Crippen LogP) is 0.673. The van der Waals surface area contributed by atoms with Crippen molar-refractivity contribution in [3.63, 3.8) is 0 Å². The third kappa shape index (κ3) is 1.90. The molecular formula is C8H17ClN2O. The van der Waals surface area contributed by atoms with E-state index in [4.69, 9.17) is 5.73 Å². The molecule has 1 aliphatic rings. The molecule has 3 nitrogen and oxygen atoms in total. The molecule has 0 aromatic heterocycles. The van der Waals surface area contributed by atoms with Gasteiger partial charge in [-0.2, -0.15) is 0 Å². The van der Waals surface area contributed by atoms with Gasteiger partial charge in [0.25, 0.3) is 0 Å². The number of nitrogens with two attached hydrogens (primary N) is 1. The van der Waals surface area contributed by atoms with E-state index < -0.39 is 0 Å². The normalized spacial score (nSPS) is 19.8. The van der Waals surface area contributed by atoms with Gasteiger partial charge >= 0.3 is 0 Å². The minimum Gasteiger partial charge on any atom is -0.359 e. The Labute approximate surface area is 79.5 Å². The van der Waals surface area contributed by atoms with Gasteiger partial charge in [0.15, 0.2) is 0 Å². The summed E-state index contributed by atoms with van der Waals surface area (Å²) in [6.45, 7) is 0.493.